The lowest BCUT2D eigenvalue weighted by molar-refractivity contribution is -0.120. The number of hydrogen-bond donors (Lipinski definition) is 2. The molecular weight excluding hydrogens is 356 g/mol. The summed E-state index contributed by atoms with van der Waals surface area (Å²) >= 11 is 0. The van der Waals surface area contributed by atoms with Crippen LogP contribution in [0, 0.1) is 11.8 Å². The summed E-state index contributed by atoms with van der Waals surface area (Å²) in [4.78, 5) is 25.4. The first kappa shape index (κ1) is 17.6. The molecule has 1 fully saturated rings. The topological polar surface area (TPSA) is 87.5 Å². The number of carbonyl (C=O) groups excluding carboxylic acids is 2. The Labute approximate surface area is 161 Å². The maximum Gasteiger partial charge on any atom is 0.321 e. The lowest BCUT2D eigenvalue weighted by Gasteiger charge is -2.13. The number of anilines is 1. The molecule has 0 aliphatic carbocycles. The van der Waals surface area contributed by atoms with Gasteiger partial charge in [0.1, 0.15) is 5.69 Å². The predicted octanol–water partition coefficient (Wildman–Crippen LogP) is 2.07. The first-order valence-corrected chi connectivity index (χ1v) is 8.95. The fourth-order valence-electron chi connectivity index (χ4n) is 3.01. The smallest absolute Gasteiger partial charge is 0.321 e. The van der Waals surface area contributed by atoms with E-state index in [0.29, 0.717) is 24.4 Å². The number of nitrogens with zero attached hydrogens (tertiary/aromatic N) is 2. The molecule has 2 heterocycles. The Kier molecular flexibility index (Phi) is 4.93. The van der Waals surface area contributed by atoms with E-state index in [1.165, 1.54) is 0 Å². The summed E-state index contributed by atoms with van der Waals surface area (Å²) in [6.07, 6.45) is 0.144. The number of amides is 3. The third-order valence-electron chi connectivity index (χ3n) is 4.42. The summed E-state index contributed by atoms with van der Waals surface area (Å²) in [7, 11) is 0. The second-order valence-corrected chi connectivity index (χ2v) is 6.31. The minimum atomic E-state index is -0.163. The molecule has 0 bridgehead atoms. The van der Waals surface area contributed by atoms with E-state index >= 15 is 0 Å². The van der Waals surface area contributed by atoms with Crippen molar-refractivity contribution < 1.29 is 14.1 Å². The number of carbonyl (C=O) groups is 2. The van der Waals surface area contributed by atoms with Gasteiger partial charge in [-0.3, -0.25) is 9.69 Å². The molecule has 3 aromatic rings. The minimum absolute atomic E-state index is 0.0820. The second-order valence-electron chi connectivity index (χ2n) is 6.31. The van der Waals surface area contributed by atoms with Crippen LogP contribution < -0.4 is 15.5 Å². The molecule has 1 aliphatic heterocycles. The molecule has 3 amide bonds. The quantitative estimate of drug-likeness (QED) is 0.685. The number of rotatable bonds is 4. The van der Waals surface area contributed by atoms with Gasteiger partial charge in [-0.25, -0.2) is 4.79 Å². The second kappa shape index (κ2) is 7.84. The fourth-order valence-corrected chi connectivity index (χ4v) is 3.01. The molecule has 0 atom stereocenters. The maximum absolute atomic E-state index is 12.1. The van der Waals surface area contributed by atoms with Crippen molar-refractivity contribution in [2.75, 3.05) is 24.5 Å². The highest BCUT2D eigenvalue weighted by molar-refractivity contribution is 5.94. The number of hydrogen-bond acceptors (Lipinski definition) is 4. The number of benzene rings is 2. The van der Waals surface area contributed by atoms with Crippen LogP contribution in [0.4, 0.5) is 10.5 Å². The highest BCUT2D eigenvalue weighted by Gasteiger charge is 2.20. The van der Waals surface area contributed by atoms with E-state index < -0.39 is 0 Å². The van der Waals surface area contributed by atoms with Gasteiger partial charge in [0, 0.05) is 29.7 Å². The Bertz CT molecular complexity index is 1080. The number of fused-ring (bicyclic) bond motifs is 1. The van der Waals surface area contributed by atoms with Crippen molar-refractivity contribution in [2.45, 2.75) is 6.42 Å². The van der Waals surface area contributed by atoms with E-state index in [1.807, 2.05) is 48.5 Å². The molecule has 0 unspecified atom stereocenters. The molecule has 140 valence electrons. The van der Waals surface area contributed by atoms with Crippen LogP contribution in [0.5, 0.6) is 0 Å². The summed E-state index contributed by atoms with van der Waals surface area (Å²) in [6.45, 7) is 1.56. The molecular formula is C21H18N4O3. The van der Waals surface area contributed by atoms with Gasteiger partial charge in [0.05, 0.1) is 13.0 Å². The Balaban J connectivity index is 1.30. The number of para-hydroxylation sites is 1. The summed E-state index contributed by atoms with van der Waals surface area (Å²) < 4.78 is 5.20. The van der Waals surface area contributed by atoms with E-state index in [1.54, 1.807) is 4.90 Å². The van der Waals surface area contributed by atoms with Gasteiger partial charge < -0.3 is 15.2 Å². The highest BCUT2D eigenvalue weighted by atomic mass is 16.5. The van der Waals surface area contributed by atoms with Crippen molar-refractivity contribution >= 4 is 28.6 Å². The van der Waals surface area contributed by atoms with E-state index in [-0.39, 0.29) is 24.9 Å². The minimum Gasteiger partial charge on any atom is -0.356 e. The van der Waals surface area contributed by atoms with E-state index in [9.17, 15) is 9.59 Å². The molecule has 7 heteroatoms. The summed E-state index contributed by atoms with van der Waals surface area (Å²) in [5, 5.41) is 10.3. The molecule has 7 nitrogen and oxygen atoms in total. The van der Waals surface area contributed by atoms with E-state index in [4.69, 9.17) is 4.52 Å². The van der Waals surface area contributed by atoms with Crippen molar-refractivity contribution in [2.24, 2.45) is 0 Å². The van der Waals surface area contributed by atoms with E-state index in [2.05, 4.69) is 27.6 Å². The lowest BCUT2D eigenvalue weighted by atomic mass is 10.1. The van der Waals surface area contributed by atoms with Crippen molar-refractivity contribution in [1.82, 2.24) is 15.8 Å². The van der Waals surface area contributed by atoms with Crippen LogP contribution in [0.2, 0.25) is 0 Å². The summed E-state index contributed by atoms with van der Waals surface area (Å²) in [6, 6.07) is 14.8. The van der Waals surface area contributed by atoms with Gasteiger partial charge in [-0.05, 0) is 36.4 Å². The first-order valence-electron chi connectivity index (χ1n) is 8.95. The molecule has 0 radical (unpaired) electrons. The number of urea groups is 1. The van der Waals surface area contributed by atoms with Crippen LogP contribution >= 0.6 is 0 Å². The third-order valence-corrected chi connectivity index (χ3v) is 4.42. The Hall–Kier alpha value is -3.79. The first-order chi connectivity index (χ1) is 13.7. The van der Waals surface area contributed by atoms with Gasteiger partial charge >= 0.3 is 6.03 Å². The molecule has 1 aromatic heterocycles. The van der Waals surface area contributed by atoms with Gasteiger partial charge in [0.25, 0.3) is 0 Å². The van der Waals surface area contributed by atoms with Crippen molar-refractivity contribution in [3.05, 3.63) is 59.8 Å². The zero-order valence-corrected chi connectivity index (χ0v) is 15.1. The monoisotopic (exact) mass is 374 g/mol. The highest BCUT2D eigenvalue weighted by Crippen LogP contribution is 2.18. The third kappa shape index (κ3) is 3.81. The Morgan fingerprint density at radius 3 is 2.82 bits per heavy atom. The molecule has 2 N–H and O–H groups in total. The van der Waals surface area contributed by atoms with Gasteiger partial charge in [0.2, 0.25) is 5.91 Å². The van der Waals surface area contributed by atoms with Crippen LogP contribution in [0.3, 0.4) is 0 Å². The summed E-state index contributed by atoms with van der Waals surface area (Å²) in [5.74, 6) is 5.76. The van der Waals surface area contributed by atoms with Gasteiger partial charge in [0.15, 0.2) is 5.58 Å². The van der Waals surface area contributed by atoms with Crippen LogP contribution in [-0.4, -0.2) is 36.7 Å². The molecule has 4 rings (SSSR count). The van der Waals surface area contributed by atoms with Crippen LogP contribution in [0.1, 0.15) is 11.3 Å². The number of nitrogens with one attached hydrogen (secondary N) is 2. The standard InChI is InChI=1S/C21H18N4O3/c26-20(14-18-17-5-1-2-6-19(17)28-24-18)22-11-3-4-15-7-9-16(10-8-15)25-13-12-23-21(25)27/h1-2,5-10H,11-14H2,(H,22,26)(H,23,27). The molecule has 2 aromatic carbocycles. The zero-order chi connectivity index (χ0) is 19.3. The van der Waals surface area contributed by atoms with Gasteiger partial charge in [-0.15, -0.1) is 0 Å². The van der Waals surface area contributed by atoms with Crippen LogP contribution in [0.15, 0.2) is 53.1 Å². The molecule has 0 saturated carbocycles. The number of aromatic nitrogens is 1. The van der Waals surface area contributed by atoms with Crippen molar-refractivity contribution in [3.63, 3.8) is 0 Å². The van der Waals surface area contributed by atoms with Gasteiger partial charge in [-0.2, -0.15) is 0 Å². The Morgan fingerprint density at radius 2 is 2.04 bits per heavy atom. The van der Waals surface area contributed by atoms with Crippen molar-refractivity contribution in [3.8, 4) is 11.8 Å². The molecule has 28 heavy (non-hydrogen) atoms. The lowest BCUT2D eigenvalue weighted by Crippen LogP contribution is -2.27. The van der Waals surface area contributed by atoms with Crippen molar-refractivity contribution in [1.29, 1.82) is 0 Å². The zero-order valence-electron chi connectivity index (χ0n) is 15.1. The van der Waals surface area contributed by atoms with Crippen LogP contribution in [-0.2, 0) is 11.2 Å². The van der Waals surface area contributed by atoms with E-state index in [0.717, 1.165) is 16.6 Å². The van der Waals surface area contributed by atoms with Crippen LogP contribution in [0.25, 0.3) is 11.0 Å². The summed E-state index contributed by atoms with van der Waals surface area (Å²) in [5.41, 5.74) is 2.94. The largest absolute Gasteiger partial charge is 0.356 e. The fraction of sp³-hybridized carbons (Fsp3) is 0.190. The molecule has 1 aliphatic rings. The molecule has 0 spiro atoms. The normalized spacial score (nSPS) is 13.1. The SMILES string of the molecule is O=C(Cc1noc2ccccc12)NCC#Cc1ccc(N2CCNC2=O)cc1. The average Bonchev–Trinajstić information content (AvgIpc) is 3.32. The maximum atomic E-state index is 12.1. The molecule has 1 saturated heterocycles. The van der Waals surface area contributed by atoms with Gasteiger partial charge in [-0.1, -0.05) is 29.1 Å². The Morgan fingerprint density at radius 1 is 1.21 bits per heavy atom. The average molecular weight is 374 g/mol. The predicted molar refractivity (Wildman–Crippen MR) is 105 cm³/mol.